The maximum atomic E-state index is 11.4. The lowest BCUT2D eigenvalue weighted by molar-refractivity contribution is 0.276. The number of nitrogens with two attached hydrogens (primary N) is 1. The summed E-state index contributed by atoms with van der Waals surface area (Å²) >= 11 is 0. The standard InChI is InChI=1S/C16H26N2O2S/c1-12-6-8-14(9-7-12)11-18-13(2)15-4-3-5-16(10-15)21(17,19)20/h3-5,10,12-14,18H,6-9,11H2,1-2H3,(H2,17,19,20). The fourth-order valence-corrected chi connectivity index (χ4v) is 3.52. The zero-order chi connectivity index (χ0) is 15.5. The van der Waals surface area contributed by atoms with E-state index in [0.717, 1.165) is 23.9 Å². The van der Waals surface area contributed by atoms with E-state index in [-0.39, 0.29) is 10.9 Å². The Balaban J connectivity index is 1.93. The Morgan fingerprint density at radius 3 is 2.57 bits per heavy atom. The smallest absolute Gasteiger partial charge is 0.238 e. The average molecular weight is 310 g/mol. The van der Waals surface area contributed by atoms with Gasteiger partial charge in [-0.2, -0.15) is 0 Å². The van der Waals surface area contributed by atoms with E-state index in [2.05, 4.69) is 19.2 Å². The SMILES string of the molecule is CC1CCC(CNC(C)c2cccc(S(N)(=O)=O)c2)CC1. The van der Waals surface area contributed by atoms with E-state index in [0.29, 0.717) is 0 Å². The average Bonchev–Trinajstić information content (AvgIpc) is 2.45. The van der Waals surface area contributed by atoms with Crippen LogP contribution in [0.1, 0.15) is 51.1 Å². The first kappa shape index (κ1) is 16.5. The summed E-state index contributed by atoms with van der Waals surface area (Å²) in [4.78, 5) is 0.181. The van der Waals surface area contributed by atoms with Crippen LogP contribution in [-0.4, -0.2) is 15.0 Å². The first-order valence-electron chi connectivity index (χ1n) is 7.72. The molecule has 118 valence electrons. The monoisotopic (exact) mass is 310 g/mol. The molecule has 3 N–H and O–H groups in total. The quantitative estimate of drug-likeness (QED) is 0.878. The first-order valence-corrected chi connectivity index (χ1v) is 9.27. The molecule has 5 heteroatoms. The van der Waals surface area contributed by atoms with Gasteiger partial charge in [0.25, 0.3) is 0 Å². The number of benzene rings is 1. The van der Waals surface area contributed by atoms with Crippen LogP contribution in [0.2, 0.25) is 0 Å². The second-order valence-electron chi connectivity index (χ2n) is 6.37. The molecule has 1 atom stereocenters. The van der Waals surface area contributed by atoms with Gasteiger partial charge in [-0.15, -0.1) is 0 Å². The molecule has 0 radical (unpaired) electrons. The van der Waals surface area contributed by atoms with E-state index >= 15 is 0 Å². The van der Waals surface area contributed by atoms with Crippen LogP contribution in [0.5, 0.6) is 0 Å². The molecule has 0 saturated heterocycles. The van der Waals surface area contributed by atoms with Crippen molar-refractivity contribution < 1.29 is 8.42 Å². The Kier molecular flexibility index (Phi) is 5.41. The van der Waals surface area contributed by atoms with Gasteiger partial charge in [0.2, 0.25) is 10.0 Å². The van der Waals surface area contributed by atoms with Crippen molar-refractivity contribution in [3.8, 4) is 0 Å². The van der Waals surface area contributed by atoms with Gasteiger partial charge in [-0.3, -0.25) is 0 Å². The molecule has 21 heavy (non-hydrogen) atoms. The third-order valence-electron chi connectivity index (χ3n) is 4.53. The van der Waals surface area contributed by atoms with E-state index in [4.69, 9.17) is 5.14 Å². The summed E-state index contributed by atoms with van der Waals surface area (Å²) in [5.74, 6) is 1.61. The maximum absolute atomic E-state index is 11.4. The minimum atomic E-state index is -3.63. The molecule has 1 unspecified atom stereocenters. The summed E-state index contributed by atoms with van der Waals surface area (Å²) in [5, 5.41) is 8.71. The molecule has 1 saturated carbocycles. The summed E-state index contributed by atoms with van der Waals surface area (Å²) in [7, 11) is -3.63. The van der Waals surface area contributed by atoms with Crippen molar-refractivity contribution in [2.45, 2.75) is 50.5 Å². The second kappa shape index (κ2) is 6.90. The molecule has 0 bridgehead atoms. The molecule has 1 fully saturated rings. The van der Waals surface area contributed by atoms with Crippen LogP contribution in [0.3, 0.4) is 0 Å². The number of primary sulfonamides is 1. The molecule has 0 amide bonds. The van der Waals surface area contributed by atoms with E-state index < -0.39 is 10.0 Å². The third-order valence-corrected chi connectivity index (χ3v) is 5.45. The minimum Gasteiger partial charge on any atom is -0.310 e. The molecule has 4 nitrogen and oxygen atoms in total. The highest BCUT2D eigenvalue weighted by Gasteiger charge is 2.19. The zero-order valence-electron chi connectivity index (χ0n) is 12.9. The molecule has 1 aliphatic rings. The first-order chi connectivity index (χ1) is 9.86. The Hall–Kier alpha value is -0.910. The van der Waals surface area contributed by atoms with Crippen molar-refractivity contribution in [1.29, 1.82) is 0 Å². The molecule has 1 aromatic rings. The molecule has 1 aromatic carbocycles. The van der Waals surface area contributed by atoms with Gasteiger partial charge in [0, 0.05) is 6.04 Å². The number of sulfonamides is 1. The number of hydrogen-bond donors (Lipinski definition) is 2. The van der Waals surface area contributed by atoms with Crippen LogP contribution >= 0.6 is 0 Å². The highest BCUT2D eigenvalue weighted by molar-refractivity contribution is 7.89. The topological polar surface area (TPSA) is 72.2 Å². The minimum absolute atomic E-state index is 0.131. The van der Waals surface area contributed by atoms with E-state index in [9.17, 15) is 8.42 Å². The van der Waals surface area contributed by atoms with Crippen LogP contribution in [0.4, 0.5) is 0 Å². The fourth-order valence-electron chi connectivity index (χ4n) is 2.96. The molecule has 0 aliphatic heterocycles. The number of nitrogens with one attached hydrogen (secondary N) is 1. The summed E-state index contributed by atoms with van der Waals surface area (Å²) in [6, 6.07) is 7.01. The van der Waals surface area contributed by atoms with Crippen molar-refractivity contribution in [1.82, 2.24) is 5.32 Å². The van der Waals surface area contributed by atoms with Crippen LogP contribution in [0, 0.1) is 11.8 Å². The lowest BCUT2D eigenvalue weighted by atomic mass is 9.83. The summed E-state index contributed by atoms with van der Waals surface area (Å²) < 4.78 is 22.8. The van der Waals surface area contributed by atoms with E-state index in [1.165, 1.54) is 31.7 Å². The van der Waals surface area contributed by atoms with Crippen molar-refractivity contribution in [2.75, 3.05) is 6.54 Å². The maximum Gasteiger partial charge on any atom is 0.238 e. The predicted molar refractivity (Wildman–Crippen MR) is 85.4 cm³/mol. The van der Waals surface area contributed by atoms with Gasteiger partial charge in [-0.1, -0.05) is 31.9 Å². The summed E-state index contributed by atoms with van der Waals surface area (Å²) in [5.41, 5.74) is 0.964. The molecular formula is C16H26N2O2S. The van der Waals surface area contributed by atoms with Crippen molar-refractivity contribution in [2.24, 2.45) is 17.0 Å². The van der Waals surface area contributed by atoms with Crippen LogP contribution in [0.25, 0.3) is 0 Å². The normalized spacial score (nSPS) is 24.7. The van der Waals surface area contributed by atoms with Crippen LogP contribution in [-0.2, 0) is 10.0 Å². The Morgan fingerprint density at radius 2 is 1.95 bits per heavy atom. The predicted octanol–water partition coefficient (Wildman–Crippen LogP) is 2.81. The lowest BCUT2D eigenvalue weighted by Crippen LogP contribution is -2.28. The van der Waals surface area contributed by atoms with Crippen molar-refractivity contribution >= 4 is 10.0 Å². The molecule has 0 aromatic heterocycles. The molecule has 0 spiro atoms. The largest absolute Gasteiger partial charge is 0.310 e. The fraction of sp³-hybridized carbons (Fsp3) is 0.625. The summed E-state index contributed by atoms with van der Waals surface area (Å²) in [6.07, 6.45) is 5.22. The lowest BCUT2D eigenvalue weighted by Gasteiger charge is -2.27. The van der Waals surface area contributed by atoms with Gasteiger partial charge < -0.3 is 5.32 Å². The van der Waals surface area contributed by atoms with Gasteiger partial charge in [0.05, 0.1) is 4.90 Å². The van der Waals surface area contributed by atoms with Crippen molar-refractivity contribution in [3.63, 3.8) is 0 Å². The van der Waals surface area contributed by atoms with Crippen LogP contribution < -0.4 is 10.5 Å². The molecule has 2 rings (SSSR count). The van der Waals surface area contributed by atoms with Crippen LogP contribution in [0.15, 0.2) is 29.2 Å². The molecule has 0 heterocycles. The van der Waals surface area contributed by atoms with Crippen molar-refractivity contribution in [3.05, 3.63) is 29.8 Å². The zero-order valence-corrected chi connectivity index (χ0v) is 13.7. The van der Waals surface area contributed by atoms with Gasteiger partial charge in [-0.05, 0) is 55.8 Å². The van der Waals surface area contributed by atoms with E-state index in [1.54, 1.807) is 12.1 Å². The second-order valence-corrected chi connectivity index (χ2v) is 7.93. The highest BCUT2D eigenvalue weighted by Crippen LogP contribution is 2.28. The number of rotatable bonds is 5. The highest BCUT2D eigenvalue weighted by atomic mass is 32.2. The van der Waals surface area contributed by atoms with E-state index in [1.807, 2.05) is 6.07 Å². The van der Waals surface area contributed by atoms with Gasteiger partial charge in [0.1, 0.15) is 0 Å². The molecular weight excluding hydrogens is 284 g/mol. The van der Waals surface area contributed by atoms with Gasteiger partial charge in [-0.25, -0.2) is 13.6 Å². The Labute approximate surface area is 128 Å². The molecule has 1 aliphatic carbocycles. The van der Waals surface area contributed by atoms with Gasteiger partial charge in [0.15, 0.2) is 0 Å². The Morgan fingerprint density at radius 1 is 1.29 bits per heavy atom. The number of hydrogen-bond acceptors (Lipinski definition) is 3. The summed E-state index contributed by atoms with van der Waals surface area (Å²) in [6.45, 7) is 5.38. The Bertz CT molecular complexity index is 563. The third kappa shape index (κ3) is 4.80. The van der Waals surface area contributed by atoms with Gasteiger partial charge >= 0.3 is 0 Å².